The number of halogens is 1. The molecule has 0 atom stereocenters. The van der Waals surface area contributed by atoms with Gasteiger partial charge in [-0.25, -0.2) is 0 Å². The molecule has 0 unspecified atom stereocenters. The van der Waals surface area contributed by atoms with Gasteiger partial charge < -0.3 is 9.55 Å². The average Bonchev–Trinajstić information content (AvgIpc) is 2.90. The standard InChI is InChI=1S/C12H10BrN3S2/c13-11-2-1-8(18-11)4-6-16-10-3-5-14-7-9(10)15-12(16)17/h1-3,5,7H,4,6H2,(H,15,17). The predicted molar refractivity (Wildman–Crippen MR) is 80.6 cm³/mol. The maximum Gasteiger partial charge on any atom is 0.178 e. The number of fused-ring (bicyclic) bond motifs is 1. The van der Waals surface area contributed by atoms with Gasteiger partial charge in [-0.05, 0) is 52.8 Å². The Labute approximate surface area is 122 Å². The molecule has 0 aliphatic rings. The fraction of sp³-hybridized carbons (Fsp3) is 0.167. The van der Waals surface area contributed by atoms with Crippen LogP contribution >= 0.6 is 39.5 Å². The number of thiophene rings is 1. The molecule has 18 heavy (non-hydrogen) atoms. The Bertz CT molecular complexity index is 741. The van der Waals surface area contributed by atoms with Crippen LogP contribution in [0.4, 0.5) is 0 Å². The summed E-state index contributed by atoms with van der Waals surface area (Å²) in [7, 11) is 0. The molecule has 0 bridgehead atoms. The highest BCUT2D eigenvalue weighted by atomic mass is 79.9. The van der Waals surface area contributed by atoms with Crippen molar-refractivity contribution in [2.75, 3.05) is 0 Å². The first-order chi connectivity index (χ1) is 8.74. The van der Waals surface area contributed by atoms with Gasteiger partial charge >= 0.3 is 0 Å². The van der Waals surface area contributed by atoms with E-state index in [4.69, 9.17) is 12.2 Å². The van der Waals surface area contributed by atoms with Crippen molar-refractivity contribution in [3.05, 3.63) is 44.0 Å². The molecule has 3 nitrogen and oxygen atoms in total. The summed E-state index contributed by atoms with van der Waals surface area (Å²) >= 11 is 10.6. The maximum absolute atomic E-state index is 5.35. The normalized spacial score (nSPS) is 11.2. The van der Waals surface area contributed by atoms with Crippen molar-refractivity contribution in [1.29, 1.82) is 0 Å². The van der Waals surface area contributed by atoms with Crippen LogP contribution in [-0.2, 0) is 13.0 Å². The SMILES string of the molecule is S=c1[nH]c2cnccc2n1CCc1ccc(Br)s1. The summed E-state index contributed by atoms with van der Waals surface area (Å²) in [6.45, 7) is 0.885. The minimum atomic E-state index is 0.758. The van der Waals surface area contributed by atoms with Crippen molar-refractivity contribution in [2.45, 2.75) is 13.0 Å². The summed E-state index contributed by atoms with van der Waals surface area (Å²) in [5.74, 6) is 0. The predicted octanol–water partition coefficient (Wildman–Crippen LogP) is 4.16. The molecular weight excluding hydrogens is 330 g/mol. The number of pyridine rings is 1. The lowest BCUT2D eigenvalue weighted by Gasteiger charge is -2.02. The van der Waals surface area contributed by atoms with E-state index in [9.17, 15) is 0 Å². The van der Waals surface area contributed by atoms with E-state index in [-0.39, 0.29) is 0 Å². The van der Waals surface area contributed by atoms with Crippen LogP contribution in [0.1, 0.15) is 4.88 Å². The average molecular weight is 340 g/mol. The van der Waals surface area contributed by atoms with E-state index in [2.05, 4.69) is 42.6 Å². The summed E-state index contributed by atoms with van der Waals surface area (Å²) in [6, 6.07) is 6.22. The van der Waals surface area contributed by atoms with Crippen LogP contribution in [0.25, 0.3) is 11.0 Å². The van der Waals surface area contributed by atoms with Crippen molar-refractivity contribution in [3.63, 3.8) is 0 Å². The molecule has 0 aliphatic carbocycles. The van der Waals surface area contributed by atoms with Gasteiger partial charge in [-0.3, -0.25) is 4.98 Å². The molecule has 1 N–H and O–H groups in total. The van der Waals surface area contributed by atoms with Gasteiger partial charge in [-0.15, -0.1) is 11.3 Å². The van der Waals surface area contributed by atoms with Crippen LogP contribution in [-0.4, -0.2) is 14.5 Å². The van der Waals surface area contributed by atoms with Crippen molar-refractivity contribution in [1.82, 2.24) is 14.5 Å². The molecule has 0 saturated heterocycles. The van der Waals surface area contributed by atoms with Crippen LogP contribution in [0.5, 0.6) is 0 Å². The zero-order valence-corrected chi connectivity index (χ0v) is 12.6. The number of aromatic nitrogens is 3. The van der Waals surface area contributed by atoms with E-state index in [0.717, 1.165) is 28.8 Å². The van der Waals surface area contributed by atoms with Gasteiger partial charge in [0.15, 0.2) is 4.77 Å². The number of imidazole rings is 1. The number of rotatable bonds is 3. The fourth-order valence-corrected chi connectivity index (χ4v) is 3.71. The molecule has 0 radical (unpaired) electrons. The number of aromatic amines is 1. The molecule has 6 heteroatoms. The lowest BCUT2D eigenvalue weighted by Crippen LogP contribution is -2.00. The van der Waals surface area contributed by atoms with Crippen molar-refractivity contribution >= 4 is 50.5 Å². The second-order valence-electron chi connectivity index (χ2n) is 3.93. The van der Waals surface area contributed by atoms with Crippen molar-refractivity contribution in [3.8, 4) is 0 Å². The molecule has 0 fully saturated rings. The van der Waals surface area contributed by atoms with Gasteiger partial charge in [0.2, 0.25) is 0 Å². The number of nitrogens with zero attached hydrogens (tertiary/aromatic N) is 2. The van der Waals surface area contributed by atoms with Gasteiger partial charge in [0.1, 0.15) is 0 Å². The Morgan fingerprint density at radius 1 is 1.39 bits per heavy atom. The Hall–Kier alpha value is -0.980. The summed E-state index contributed by atoms with van der Waals surface area (Å²) in [5, 5.41) is 0. The summed E-state index contributed by atoms with van der Waals surface area (Å²) < 4.78 is 4.05. The van der Waals surface area contributed by atoms with Gasteiger partial charge in [0.05, 0.1) is 21.0 Å². The van der Waals surface area contributed by atoms with Crippen molar-refractivity contribution < 1.29 is 0 Å². The zero-order valence-electron chi connectivity index (χ0n) is 9.39. The second-order valence-corrected chi connectivity index (χ2v) is 6.86. The van der Waals surface area contributed by atoms with E-state index in [1.54, 1.807) is 17.5 Å². The van der Waals surface area contributed by atoms with Crippen LogP contribution in [0.15, 0.2) is 34.4 Å². The lowest BCUT2D eigenvalue weighted by atomic mass is 10.3. The van der Waals surface area contributed by atoms with Crippen LogP contribution in [0.3, 0.4) is 0 Å². The smallest absolute Gasteiger partial charge is 0.178 e. The Kier molecular flexibility index (Phi) is 3.32. The third-order valence-corrected chi connectivity index (χ3v) is 4.79. The van der Waals surface area contributed by atoms with Gasteiger partial charge in [-0.2, -0.15) is 0 Å². The maximum atomic E-state index is 5.35. The molecular formula is C12H10BrN3S2. The first kappa shape index (κ1) is 12.1. The molecule has 3 aromatic rings. The Balaban J connectivity index is 1.90. The number of H-pyrrole nitrogens is 1. The molecule has 0 amide bonds. The molecule has 0 aromatic carbocycles. The van der Waals surface area contributed by atoms with E-state index >= 15 is 0 Å². The largest absolute Gasteiger partial charge is 0.329 e. The third kappa shape index (κ3) is 2.28. The summed E-state index contributed by atoms with van der Waals surface area (Å²) in [6.07, 6.45) is 4.59. The minimum Gasteiger partial charge on any atom is -0.329 e. The fourth-order valence-electron chi connectivity index (χ4n) is 1.94. The molecule has 3 aromatic heterocycles. The van der Waals surface area contributed by atoms with Crippen LogP contribution in [0.2, 0.25) is 0 Å². The van der Waals surface area contributed by atoms with Gasteiger partial charge in [0.25, 0.3) is 0 Å². The molecule has 92 valence electrons. The number of hydrogen-bond acceptors (Lipinski definition) is 3. The Morgan fingerprint density at radius 3 is 3.06 bits per heavy atom. The number of aryl methyl sites for hydroxylation is 2. The van der Waals surface area contributed by atoms with E-state index in [1.165, 1.54) is 8.66 Å². The monoisotopic (exact) mass is 339 g/mol. The lowest BCUT2D eigenvalue weighted by molar-refractivity contribution is 0.712. The second kappa shape index (κ2) is 4.95. The molecule has 0 saturated carbocycles. The highest BCUT2D eigenvalue weighted by Crippen LogP contribution is 2.23. The number of hydrogen-bond donors (Lipinski definition) is 1. The first-order valence-corrected chi connectivity index (χ1v) is 7.52. The molecule has 3 heterocycles. The van der Waals surface area contributed by atoms with Crippen LogP contribution < -0.4 is 0 Å². The first-order valence-electron chi connectivity index (χ1n) is 5.51. The van der Waals surface area contributed by atoms with Gasteiger partial charge in [0, 0.05) is 17.6 Å². The van der Waals surface area contributed by atoms with E-state index < -0.39 is 0 Å². The highest BCUT2D eigenvalue weighted by Gasteiger charge is 2.05. The van der Waals surface area contributed by atoms with Crippen LogP contribution in [0, 0.1) is 4.77 Å². The Morgan fingerprint density at radius 2 is 2.28 bits per heavy atom. The van der Waals surface area contributed by atoms with Crippen molar-refractivity contribution in [2.24, 2.45) is 0 Å². The van der Waals surface area contributed by atoms with Gasteiger partial charge in [-0.1, -0.05) is 0 Å². The molecule has 0 spiro atoms. The topological polar surface area (TPSA) is 33.6 Å². The zero-order chi connectivity index (χ0) is 12.5. The van der Waals surface area contributed by atoms with E-state index in [0.29, 0.717) is 0 Å². The molecule has 3 rings (SSSR count). The summed E-state index contributed by atoms with van der Waals surface area (Å²) in [4.78, 5) is 8.63. The quantitative estimate of drug-likeness (QED) is 0.727. The number of nitrogens with one attached hydrogen (secondary N) is 1. The minimum absolute atomic E-state index is 0.758. The third-order valence-electron chi connectivity index (χ3n) is 2.79. The summed E-state index contributed by atoms with van der Waals surface area (Å²) in [5.41, 5.74) is 2.11. The van der Waals surface area contributed by atoms with E-state index in [1.807, 2.05) is 12.3 Å². The molecule has 0 aliphatic heterocycles. The highest BCUT2D eigenvalue weighted by molar-refractivity contribution is 9.11.